The Bertz CT molecular complexity index is 772. The van der Waals surface area contributed by atoms with Crippen LogP contribution in [0.5, 0.6) is 0 Å². The van der Waals surface area contributed by atoms with Gasteiger partial charge in [-0.1, -0.05) is 18.2 Å². The van der Waals surface area contributed by atoms with Crippen molar-refractivity contribution < 1.29 is 19.1 Å². The predicted octanol–water partition coefficient (Wildman–Crippen LogP) is 2.56. The lowest BCUT2D eigenvalue weighted by Gasteiger charge is -2.23. The van der Waals surface area contributed by atoms with Crippen molar-refractivity contribution in [3.63, 3.8) is 0 Å². The lowest BCUT2D eigenvalue weighted by molar-refractivity contribution is -0.143. The number of nitrogens with zero attached hydrogens (tertiary/aromatic N) is 1. The van der Waals surface area contributed by atoms with Crippen molar-refractivity contribution in [2.24, 2.45) is 0 Å². The van der Waals surface area contributed by atoms with Gasteiger partial charge in [0.05, 0.1) is 5.01 Å². The molecule has 2 heterocycles. The van der Waals surface area contributed by atoms with E-state index in [0.717, 1.165) is 0 Å². The highest BCUT2D eigenvalue weighted by atomic mass is 32.2. The van der Waals surface area contributed by atoms with Gasteiger partial charge in [-0.2, -0.15) is 11.8 Å². The van der Waals surface area contributed by atoms with Crippen molar-refractivity contribution in [3.05, 3.63) is 51.7 Å². The summed E-state index contributed by atoms with van der Waals surface area (Å²) in [5.74, 6) is -0.798. The Balaban J connectivity index is 1.72. The first-order chi connectivity index (χ1) is 11.5. The Labute approximate surface area is 146 Å². The van der Waals surface area contributed by atoms with Crippen molar-refractivity contribution in [3.8, 4) is 0 Å². The molecular weight excluding hydrogens is 351 g/mol. The molecule has 0 bridgehead atoms. The van der Waals surface area contributed by atoms with Gasteiger partial charge in [-0.3, -0.25) is 4.79 Å². The maximum Gasteiger partial charge on any atom is 0.330 e. The number of amides is 1. The molecular formula is C16H15FN2O3S2. The summed E-state index contributed by atoms with van der Waals surface area (Å²) in [5, 5.41) is 14.2. The number of carboxylic acid groups (broad SMARTS) is 1. The molecule has 1 amide bonds. The van der Waals surface area contributed by atoms with Crippen molar-refractivity contribution >= 4 is 35.0 Å². The van der Waals surface area contributed by atoms with E-state index in [9.17, 15) is 19.1 Å². The van der Waals surface area contributed by atoms with E-state index in [1.165, 1.54) is 29.2 Å². The Morgan fingerprint density at radius 3 is 2.83 bits per heavy atom. The number of aromatic nitrogens is 1. The minimum atomic E-state index is -1.23. The monoisotopic (exact) mass is 366 g/mol. The quantitative estimate of drug-likeness (QED) is 0.850. The van der Waals surface area contributed by atoms with E-state index in [0.29, 0.717) is 34.9 Å². The molecule has 8 heteroatoms. The van der Waals surface area contributed by atoms with Crippen LogP contribution in [-0.4, -0.2) is 39.0 Å². The second kappa shape index (κ2) is 6.90. The van der Waals surface area contributed by atoms with Gasteiger partial charge >= 0.3 is 5.97 Å². The third-order valence-electron chi connectivity index (χ3n) is 3.87. The van der Waals surface area contributed by atoms with Gasteiger partial charge in [0.25, 0.3) is 5.91 Å². The normalized spacial score (nSPS) is 20.0. The summed E-state index contributed by atoms with van der Waals surface area (Å²) < 4.78 is 13.7. The largest absolute Gasteiger partial charge is 0.479 e. The number of carbonyl (C=O) groups excluding carboxylic acids is 1. The van der Waals surface area contributed by atoms with Gasteiger partial charge in [-0.15, -0.1) is 11.3 Å². The number of hydrogen-bond donors (Lipinski definition) is 2. The van der Waals surface area contributed by atoms with Crippen LogP contribution in [0.3, 0.4) is 0 Å². The zero-order valence-electron chi connectivity index (χ0n) is 12.6. The van der Waals surface area contributed by atoms with Crippen molar-refractivity contribution in [2.45, 2.75) is 18.4 Å². The molecule has 1 aliphatic heterocycles. The maximum atomic E-state index is 13.7. The number of carbonyl (C=O) groups is 2. The molecule has 5 nitrogen and oxygen atoms in total. The highest BCUT2D eigenvalue weighted by Gasteiger charge is 2.43. The zero-order chi connectivity index (χ0) is 17.2. The number of aliphatic carboxylic acids is 1. The molecule has 2 N–H and O–H groups in total. The first-order valence-corrected chi connectivity index (χ1v) is 9.35. The van der Waals surface area contributed by atoms with Crippen LogP contribution in [0.15, 0.2) is 29.6 Å². The number of rotatable bonds is 5. The summed E-state index contributed by atoms with van der Waals surface area (Å²) in [5.41, 5.74) is -0.547. The molecule has 1 aliphatic rings. The molecule has 1 atom stereocenters. The summed E-state index contributed by atoms with van der Waals surface area (Å²) in [6, 6.07) is 6.41. The molecule has 1 saturated heterocycles. The summed E-state index contributed by atoms with van der Waals surface area (Å²) in [6.07, 6.45) is 0.690. The first kappa shape index (κ1) is 16.9. The van der Waals surface area contributed by atoms with Gasteiger partial charge < -0.3 is 10.4 Å². The van der Waals surface area contributed by atoms with Crippen LogP contribution in [0, 0.1) is 5.82 Å². The minimum absolute atomic E-state index is 0.170. The van der Waals surface area contributed by atoms with Gasteiger partial charge in [0.1, 0.15) is 17.1 Å². The van der Waals surface area contributed by atoms with Crippen molar-refractivity contribution in [2.75, 3.05) is 11.5 Å². The molecule has 1 unspecified atom stereocenters. The van der Waals surface area contributed by atoms with E-state index in [4.69, 9.17) is 0 Å². The average Bonchev–Trinajstić information content (AvgIpc) is 3.20. The lowest BCUT2D eigenvalue weighted by Crippen LogP contribution is -2.54. The third kappa shape index (κ3) is 3.44. The molecule has 1 fully saturated rings. The average molecular weight is 366 g/mol. The second-order valence-electron chi connectivity index (χ2n) is 5.54. The summed E-state index contributed by atoms with van der Waals surface area (Å²) >= 11 is 2.76. The number of halogens is 1. The van der Waals surface area contributed by atoms with Crippen LogP contribution in [0.4, 0.5) is 4.39 Å². The first-order valence-electron chi connectivity index (χ1n) is 7.32. The molecule has 0 aliphatic carbocycles. The SMILES string of the molecule is O=C(NC1(C(=O)O)CCSC1)c1csc(Cc2ccccc2F)n1. The Morgan fingerprint density at radius 1 is 1.38 bits per heavy atom. The maximum absolute atomic E-state index is 13.7. The fourth-order valence-corrected chi connectivity index (χ4v) is 4.59. The highest BCUT2D eigenvalue weighted by Crippen LogP contribution is 2.28. The Morgan fingerprint density at radius 2 is 2.17 bits per heavy atom. The third-order valence-corrected chi connectivity index (χ3v) is 5.91. The second-order valence-corrected chi connectivity index (χ2v) is 7.59. The van der Waals surface area contributed by atoms with Gasteiger partial charge in [0.2, 0.25) is 0 Å². The van der Waals surface area contributed by atoms with Crippen molar-refractivity contribution in [1.29, 1.82) is 0 Å². The number of thioether (sulfide) groups is 1. The molecule has 126 valence electrons. The molecule has 1 aromatic heterocycles. The molecule has 3 rings (SSSR count). The zero-order valence-corrected chi connectivity index (χ0v) is 14.3. The number of benzene rings is 1. The predicted molar refractivity (Wildman–Crippen MR) is 91.1 cm³/mol. The molecule has 0 saturated carbocycles. The smallest absolute Gasteiger partial charge is 0.330 e. The van der Waals surface area contributed by atoms with Gasteiger partial charge in [0, 0.05) is 17.6 Å². The highest BCUT2D eigenvalue weighted by molar-refractivity contribution is 7.99. The summed E-state index contributed by atoms with van der Waals surface area (Å²) in [6.45, 7) is 0. The van der Waals surface area contributed by atoms with Crippen LogP contribution < -0.4 is 5.32 Å². The van der Waals surface area contributed by atoms with Crippen LogP contribution in [0.2, 0.25) is 0 Å². The molecule has 0 spiro atoms. The molecule has 24 heavy (non-hydrogen) atoms. The van der Waals surface area contributed by atoms with Crippen LogP contribution in [-0.2, 0) is 11.2 Å². The van der Waals surface area contributed by atoms with E-state index < -0.39 is 17.4 Å². The van der Waals surface area contributed by atoms with Crippen molar-refractivity contribution in [1.82, 2.24) is 10.3 Å². The van der Waals surface area contributed by atoms with E-state index in [1.54, 1.807) is 23.6 Å². The van der Waals surface area contributed by atoms with E-state index in [1.807, 2.05) is 0 Å². The fraction of sp³-hybridized carbons (Fsp3) is 0.312. The van der Waals surface area contributed by atoms with Gasteiger partial charge in [-0.05, 0) is 23.8 Å². The number of thiazole rings is 1. The Hall–Kier alpha value is -1.93. The number of nitrogens with one attached hydrogen (secondary N) is 1. The Kier molecular flexibility index (Phi) is 4.86. The summed E-state index contributed by atoms with van der Waals surface area (Å²) in [4.78, 5) is 28.0. The lowest BCUT2D eigenvalue weighted by atomic mass is 9.99. The minimum Gasteiger partial charge on any atom is -0.479 e. The van der Waals surface area contributed by atoms with Crippen LogP contribution >= 0.6 is 23.1 Å². The summed E-state index contributed by atoms with van der Waals surface area (Å²) in [7, 11) is 0. The van der Waals surface area contributed by atoms with Crippen LogP contribution in [0.25, 0.3) is 0 Å². The van der Waals surface area contributed by atoms with Gasteiger partial charge in [0.15, 0.2) is 0 Å². The standard InChI is InChI=1S/C16H15FN2O3S2/c17-11-4-2-1-3-10(11)7-13-18-12(8-24-13)14(20)19-16(15(21)22)5-6-23-9-16/h1-4,8H,5-7,9H2,(H,19,20)(H,21,22). The van der Waals surface area contributed by atoms with E-state index in [-0.39, 0.29) is 11.5 Å². The van der Waals surface area contributed by atoms with E-state index in [2.05, 4.69) is 10.3 Å². The molecule has 2 aromatic rings. The molecule has 1 aromatic carbocycles. The fourth-order valence-electron chi connectivity index (χ4n) is 2.47. The van der Waals surface area contributed by atoms with E-state index >= 15 is 0 Å². The number of hydrogen-bond acceptors (Lipinski definition) is 5. The van der Waals surface area contributed by atoms with Crippen LogP contribution in [0.1, 0.15) is 27.5 Å². The van der Waals surface area contributed by atoms with Gasteiger partial charge in [-0.25, -0.2) is 14.2 Å². The molecule has 0 radical (unpaired) electrons. The topological polar surface area (TPSA) is 79.3 Å². The number of carboxylic acids is 1.